The van der Waals surface area contributed by atoms with Crippen LogP contribution in [0.1, 0.15) is 49.4 Å². The Morgan fingerprint density at radius 2 is 2.04 bits per heavy atom. The Morgan fingerprint density at radius 1 is 1.36 bits per heavy atom. The number of nitrogens with zero attached hydrogens (tertiary/aromatic N) is 1. The third-order valence-electron chi connectivity index (χ3n) is 3.61. The molecule has 2 amide bonds. The largest absolute Gasteiger partial charge is 0.465 e. The molecule has 8 heteroatoms. The molecule has 1 aliphatic rings. The van der Waals surface area contributed by atoms with Gasteiger partial charge in [0.25, 0.3) is 0 Å². The van der Waals surface area contributed by atoms with Gasteiger partial charge < -0.3 is 19.7 Å². The monoisotopic (exact) mass is 368 g/mol. The fraction of sp³-hybridized carbons (Fsp3) is 0.588. The smallest absolute Gasteiger partial charge is 0.407 e. The maximum atomic E-state index is 12.4. The Kier molecular flexibility index (Phi) is 5.72. The van der Waals surface area contributed by atoms with Crippen molar-refractivity contribution in [1.29, 1.82) is 0 Å². The van der Waals surface area contributed by atoms with E-state index in [0.29, 0.717) is 23.4 Å². The van der Waals surface area contributed by atoms with E-state index in [1.165, 1.54) is 18.4 Å². The number of amides is 2. The average Bonchev–Trinajstić information content (AvgIpc) is 2.91. The highest BCUT2D eigenvalue weighted by Crippen LogP contribution is 2.37. The number of esters is 1. The van der Waals surface area contributed by atoms with Gasteiger partial charge in [0.15, 0.2) is 0 Å². The number of ether oxygens (including phenoxy) is 2. The van der Waals surface area contributed by atoms with Crippen LogP contribution in [-0.2, 0) is 20.7 Å². The molecule has 25 heavy (non-hydrogen) atoms. The minimum Gasteiger partial charge on any atom is -0.465 e. The van der Waals surface area contributed by atoms with Crippen LogP contribution in [0.2, 0.25) is 0 Å². The molecule has 138 valence electrons. The summed E-state index contributed by atoms with van der Waals surface area (Å²) in [6.45, 7) is 7.39. The standard InChI is InChI=1S/C17H24N2O5S/c1-10(18-16(22)24-17(2,3)4)8-19-12(20)7-6-11-9-25-14(13(11)19)15(21)23-5/h9-10H,6-8H2,1-5H3,(H,18,22)/t10-/m0/s1. The summed E-state index contributed by atoms with van der Waals surface area (Å²) >= 11 is 1.27. The molecule has 0 aromatic carbocycles. The van der Waals surface area contributed by atoms with E-state index < -0.39 is 17.7 Å². The number of aryl methyl sites for hydroxylation is 1. The first-order valence-electron chi connectivity index (χ1n) is 8.11. The lowest BCUT2D eigenvalue weighted by Gasteiger charge is -2.31. The molecule has 0 bridgehead atoms. The average molecular weight is 368 g/mol. The van der Waals surface area contributed by atoms with Crippen LogP contribution < -0.4 is 10.2 Å². The summed E-state index contributed by atoms with van der Waals surface area (Å²) in [5.74, 6) is -0.535. The van der Waals surface area contributed by atoms with Gasteiger partial charge >= 0.3 is 12.1 Å². The first kappa shape index (κ1) is 19.2. The van der Waals surface area contributed by atoms with Crippen LogP contribution in [0.5, 0.6) is 0 Å². The molecule has 2 rings (SSSR count). The molecule has 0 radical (unpaired) electrons. The van der Waals surface area contributed by atoms with Crippen molar-refractivity contribution >= 4 is 35.0 Å². The van der Waals surface area contributed by atoms with Crippen molar-refractivity contribution in [2.45, 2.75) is 52.2 Å². The molecule has 1 aliphatic heterocycles. The quantitative estimate of drug-likeness (QED) is 0.826. The molecule has 0 saturated heterocycles. The molecule has 1 N–H and O–H groups in total. The third-order valence-corrected chi connectivity index (χ3v) is 4.61. The number of methoxy groups -OCH3 is 1. The fourth-order valence-electron chi connectivity index (χ4n) is 2.62. The minimum absolute atomic E-state index is 0.0751. The van der Waals surface area contributed by atoms with Gasteiger partial charge in [0.05, 0.1) is 12.8 Å². The van der Waals surface area contributed by atoms with Crippen LogP contribution in [0, 0.1) is 0 Å². The van der Waals surface area contributed by atoms with Gasteiger partial charge in [-0.1, -0.05) is 0 Å². The second-order valence-electron chi connectivity index (χ2n) is 6.98. The Labute approximate surface area is 151 Å². The lowest BCUT2D eigenvalue weighted by Crippen LogP contribution is -2.47. The fourth-order valence-corrected chi connectivity index (χ4v) is 3.64. The summed E-state index contributed by atoms with van der Waals surface area (Å²) in [5, 5.41) is 4.60. The number of hydrogen-bond donors (Lipinski definition) is 1. The van der Waals surface area contributed by atoms with Crippen molar-refractivity contribution < 1.29 is 23.9 Å². The van der Waals surface area contributed by atoms with Gasteiger partial charge in [-0.05, 0) is 45.1 Å². The van der Waals surface area contributed by atoms with E-state index >= 15 is 0 Å². The SMILES string of the molecule is COC(=O)c1scc2c1N(C[C@H](C)NC(=O)OC(C)(C)C)C(=O)CC2. The van der Waals surface area contributed by atoms with Gasteiger partial charge in [0, 0.05) is 19.0 Å². The highest BCUT2D eigenvalue weighted by molar-refractivity contribution is 7.12. The van der Waals surface area contributed by atoms with Gasteiger partial charge in [-0.3, -0.25) is 4.79 Å². The number of nitrogens with one attached hydrogen (secondary N) is 1. The summed E-state index contributed by atoms with van der Waals surface area (Å²) in [5.41, 5.74) is 0.962. The van der Waals surface area contributed by atoms with Gasteiger partial charge in [0.2, 0.25) is 5.91 Å². The highest BCUT2D eigenvalue weighted by Gasteiger charge is 2.32. The predicted molar refractivity (Wildman–Crippen MR) is 95.2 cm³/mol. The molecular formula is C17H24N2O5S. The van der Waals surface area contributed by atoms with E-state index in [9.17, 15) is 14.4 Å². The molecule has 7 nitrogen and oxygen atoms in total. The highest BCUT2D eigenvalue weighted by atomic mass is 32.1. The minimum atomic E-state index is -0.594. The van der Waals surface area contributed by atoms with E-state index in [2.05, 4.69) is 5.32 Å². The normalized spacial score (nSPS) is 15.4. The number of fused-ring (bicyclic) bond motifs is 1. The molecule has 0 spiro atoms. The summed E-state index contributed by atoms with van der Waals surface area (Å²) in [4.78, 5) is 38.3. The molecule has 0 saturated carbocycles. The van der Waals surface area contributed by atoms with E-state index in [-0.39, 0.29) is 18.5 Å². The number of carbonyl (C=O) groups excluding carboxylic acids is 3. The van der Waals surface area contributed by atoms with E-state index in [1.807, 2.05) is 5.38 Å². The first-order valence-corrected chi connectivity index (χ1v) is 8.99. The van der Waals surface area contributed by atoms with Crippen LogP contribution >= 0.6 is 11.3 Å². The van der Waals surface area contributed by atoms with E-state index in [0.717, 1.165) is 5.56 Å². The molecule has 1 atom stereocenters. The van der Waals surface area contributed by atoms with Crippen molar-refractivity contribution in [3.8, 4) is 0 Å². The zero-order valence-electron chi connectivity index (χ0n) is 15.2. The van der Waals surface area contributed by atoms with Crippen molar-refractivity contribution in [1.82, 2.24) is 5.32 Å². The lowest BCUT2D eigenvalue weighted by atomic mass is 10.0. The summed E-state index contributed by atoms with van der Waals surface area (Å²) < 4.78 is 10.0. The second-order valence-corrected chi connectivity index (χ2v) is 7.86. The number of hydrogen-bond acceptors (Lipinski definition) is 6. The van der Waals surface area contributed by atoms with Crippen molar-refractivity contribution in [2.75, 3.05) is 18.6 Å². The predicted octanol–water partition coefficient (Wildman–Crippen LogP) is 2.73. The van der Waals surface area contributed by atoms with Crippen LogP contribution in [-0.4, -0.2) is 43.3 Å². The molecule has 1 aromatic heterocycles. The van der Waals surface area contributed by atoms with Gasteiger partial charge in [-0.15, -0.1) is 11.3 Å². The van der Waals surface area contributed by atoms with Gasteiger partial charge in [-0.2, -0.15) is 0 Å². The van der Waals surface area contributed by atoms with Crippen LogP contribution in [0.15, 0.2) is 5.38 Å². The summed E-state index contributed by atoms with van der Waals surface area (Å²) in [6, 6.07) is -0.338. The number of carbonyl (C=O) groups is 3. The number of rotatable bonds is 4. The van der Waals surface area contributed by atoms with E-state index in [1.54, 1.807) is 32.6 Å². The number of anilines is 1. The maximum Gasteiger partial charge on any atom is 0.407 e. The van der Waals surface area contributed by atoms with Crippen LogP contribution in [0.4, 0.5) is 10.5 Å². The summed E-state index contributed by atoms with van der Waals surface area (Å²) in [6.07, 6.45) is 0.443. The number of thiophene rings is 1. The number of alkyl carbamates (subject to hydrolysis) is 1. The molecule has 2 heterocycles. The second kappa shape index (κ2) is 7.43. The van der Waals surface area contributed by atoms with Crippen molar-refractivity contribution in [3.63, 3.8) is 0 Å². The Hall–Kier alpha value is -2.09. The first-order chi connectivity index (χ1) is 11.6. The Bertz CT molecular complexity index is 677. The lowest BCUT2D eigenvalue weighted by molar-refractivity contribution is -0.119. The third kappa shape index (κ3) is 4.72. The van der Waals surface area contributed by atoms with Crippen molar-refractivity contribution in [2.24, 2.45) is 0 Å². The Balaban J connectivity index is 2.14. The van der Waals surface area contributed by atoms with Gasteiger partial charge in [-0.25, -0.2) is 9.59 Å². The van der Waals surface area contributed by atoms with Crippen LogP contribution in [0.25, 0.3) is 0 Å². The zero-order chi connectivity index (χ0) is 18.8. The van der Waals surface area contributed by atoms with E-state index in [4.69, 9.17) is 9.47 Å². The molecule has 0 fully saturated rings. The molecule has 0 unspecified atom stereocenters. The molecule has 0 aliphatic carbocycles. The Morgan fingerprint density at radius 3 is 2.64 bits per heavy atom. The van der Waals surface area contributed by atoms with Gasteiger partial charge in [0.1, 0.15) is 10.5 Å². The molecule has 1 aromatic rings. The molecular weight excluding hydrogens is 344 g/mol. The summed E-state index contributed by atoms with van der Waals surface area (Å²) in [7, 11) is 1.32. The zero-order valence-corrected chi connectivity index (χ0v) is 16.0. The maximum absolute atomic E-state index is 12.4. The topological polar surface area (TPSA) is 84.9 Å². The van der Waals surface area contributed by atoms with Crippen molar-refractivity contribution in [3.05, 3.63) is 15.8 Å². The van der Waals surface area contributed by atoms with Crippen LogP contribution in [0.3, 0.4) is 0 Å².